The molecule has 0 saturated carbocycles. The van der Waals surface area contributed by atoms with E-state index in [1.165, 1.54) is 0 Å². The summed E-state index contributed by atoms with van der Waals surface area (Å²) in [5.41, 5.74) is 4.53. The van der Waals surface area contributed by atoms with E-state index in [1.54, 1.807) is 0 Å². The Morgan fingerprint density at radius 1 is 1.03 bits per heavy atom. The maximum absolute atomic E-state index is 12.1. The van der Waals surface area contributed by atoms with Gasteiger partial charge in [-0.05, 0) is 28.2 Å². The number of carboxylic acids is 1. The minimum atomic E-state index is -1.03. The highest BCUT2D eigenvalue weighted by molar-refractivity contribution is 5.94. The van der Waals surface area contributed by atoms with Crippen LogP contribution in [-0.2, 0) is 19.1 Å². The molecule has 2 aromatic carbocycles. The third kappa shape index (κ3) is 4.58. The molecule has 1 aliphatic carbocycles. The molecule has 8 nitrogen and oxygen atoms in total. The molecule has 32 heavy (non-hydrogen) atoms. The Hall–Kier alpha value is -3.83. The molecule has 2 amide bonds. The summed E-state index contributed by atoms with van der Waals surface area (Å²) in [6.45, 7) is 0.291. The number of amides is 2. The van der Waals surface area contributed by atoms with Crippen LogP contribution >= 0.6 is 0 Å². The Balaban J connectivity index is 1.25. The first-order valence-corrected chi connectivity index (χ1v) is 10.2. The highest BCUT2D eigenvalue weighted by atomic mass is 16.5. The second-order valence-corrected chi connectivity index (χ2v) is 7.54. The van der Waals surface area contributed by atoms with E-state index in [1.807, 2.05) is 36.4 Å². The van der Waals surface area contributed by atoms with Gasteiger partial charge in [0.1, 0.15) is 12.5 Å². The molecule has 1 fully saturated rings. The normalized spacial score (nSPS) is 18.6. The van der Waals surface area contributed by atoms with Gasteiger partial charge in [0.2, 0.25) is 0 Å². The maximum atomic E-state index is 12.1. The van der Waals surface area contributed by atoms with E-state index in [2.05, 4.69) is 34.6 Å². The zero-order chi connectivity index (χ0) is 22.5. The number of aliphatic carboxylic acids is 1. The van der Waals surface area contributed by atoms with Gasteiger partial charge in [-0.25, -0.2) is 4.79 Å². The van der Waals surface area contributed by atoms with Crippen molar-refractivity contribution in [3.8, 4) is 23.0 Å². The smallest absolute Gasteiger partial charge is 0.407 e. The van der Waals surface area contributed by atoms with Gasteiger partial charge in [-0.15, -0.1) is 0 Å². The van der Waals surface area contributed by atoms with E-state index in [9.17, 15) is 14.4 Å². The van der Waals surface area contributed by atoms with Gasteiger partial charge < -0.3 is 25.2 Å². The van der Waals surface area contributed by atoms with Gasteiger partial charge in [0.15, 0.2) is 0 Å². The van der Waals surface area contributed by atoms with Crippen molar-refractivity contribution in [2.45, 2.75) is 12.0 Å². The Bertz CT molecular complexity index is 1060. The van der Waals surface area contributed by atoms with Crippen LogP contribution in [0.5, 0.6) is 0 Å². The Morgan fingerprint density at radius 2 is 1.69 bits per heavy atom. The van der Waals surface area contributed by atoms with Crippen LogP contribution in [0.2, 0.25) is 0 Å². The summed E-state index contributed by atoms with van der Waals surface area (Å²) < 4.78 is 10.5. The lowest BCUT2D eigenvalue weighted by Gasteiger charge is -2.14. The second-order valence-electron chi connectivity index (χ2n) is 7.54. The topological polar surface area (TPSA) is 114 Å². The quantitative estimate of drug-likeness (QED) is 0.618. The van der Waals surface area contributed by atoms with E-state index in [0.717, 1.165) is 22.3 Å². The Morgan fingerprint density at radius 3 is 2.34 bits per heavy atom. The molecule has 0 aromatic heterocycles. The monoisotopic (exact) mass is 434 g/mol. The summed E-state index contributed by atoms with van der Waals surface area (Å²) in [5, 5.41) is 14.1. The van der Waals surface area contributed by atoms with Gasteiger partial charge in [0.25, 0.3) is 5.91 Å². The van der Waals surface area contributed by atoms with Crippen molar-refractivity contribution < 1.29 is 29.0 Å². The molecule has 164 valence electrons. The van der Waals surface area contributed by atoms with Crippen LogP contribution in [0.15, 0.2) is 48.5 Å². The van der Waals surface area contributed by atoms with E-state index < -0.39 is 29.9 Å². The van der Waals surface area contributed by atoms with Gasteiger partial charge in [-0.3, -0.25) is 9.59 Å². The van der Waals surface area contributed by atoms with E-state index in [4.69, 9.17) is 14.6 Å². The highest BCUT2D eigenvalue weighted by Gasteiger charge is 2.34. The molecule has 0 bridgehead atoms. The molecule has 0 radical (unpaired) electrons. The van der Waals surface area contributed by atoms with Crippen molar-refractivity contribution in [2.24, 2.45) is 5.92 Å². The maximum Gasteiger partial charge on any atom is 0.407 e. The lowest BCUT2D eigenvalue weighted by Crippen LogP contribution is -2.42. The van der Waals surface area contributed by atoms with Gasteiger partial charge in [0.05, 0.1) is 25.8 Å². The minimum Gasteiger partial charge on any atom is -0.481 e. The first-order valence-electron chi connectivity index (χ1n) is 10.2. The van der Waals surface area contributed by atoms with Gasteiger partial charge in [-0.2, -0.15) is 0 Å². The minimum absolute atomic E-state index is 0.0409. The molecule has 3 N–H and O–H groups in total. The summed E-state index contributed by atoms with van der Waals surface area (Å²) in [7, 11) is 0. The predicted octanol–water partition coefficient (Wildman–Crippen LogP) is 1.74. The number of nitrogens with one attached hydrogen (secondary N) is 2. The average Bonchev–Trinajstić information content (AvgIpc) is 3.38. The van der Waals surface area contributed by atoms with Crippen LogP contribution < -0.4 is 10.6 Å². The van der Waals surface area contributed by atoms with Gasteiger partial charge in [-0.1, -0.05) is 54.5 Å². The summed E-state index contributed by atoms with van der Waals surface area (Å²) in [5.74, 6) is 2.37. The first kappa shape index (κ1) is 21.4. The van der Waals surface area contributed by atoms with Gasteiger partial charge in [0, 0.05) is 5.92 Å². The van der Waals surface area contributed by atoms with Crippen molar-refractivity contribution in [2.75, 3.05) is 26.4 Å². The fourth-order valence-corrected chi connectivity index (χ4v) is 4.03. The zero-order valence-electron chi connectivity index (χ0n) is 17.2. The SMILES string of the molecule is O=C(C#CCNC(=O)OCC1c2ccccc2-c2ccccc21)NC1COCC1C(=O)O. The molecule has 2 atom stereocenters. The molecule has 2 aliphatic rings. The second kappa shape index (κ2) is 9.54. The number of ether oxygens (including phenoxy) is 2. The lowest BCUT2D eigenvalue weighted by molar-refractivity contribution is -0.142. The fraction of sp³-hybridized carbons (Fsp3) is 0.292. The van der Waals surface area contributed by atoms with Crippen LogP contribution in [0, 0.1) is 17.8 Å². The molecule has 1 saturated heterocycles. The number of benzene rings is 2. The van der Waals surface area contributed by atoms with Crippen molar-refractivity contribution in [1.82, 2.24) is 10.6 Å². The van der Waals surface area contributed by atoms with E-state index >= 15 is 0 Å². The van der Waals surface area contributed by atoms with Crippen molar-refractivity contribution >= 4 is 18.0 Å². The predicted molar refractivity (Wildman–Crippen MR) is 115 cm³/mol. The van der Waals surface area contributed by atoms with Crippen LogP contribution in [0.25, 0.3) is 11.1 Å². The largest absolute Gasteiger partial charge is 0.481 e. The van der Waals surface area contributed by atoms with E-state index in [-0.39, 0.29) is 32.3 Å². The van der Waals surface area contributed by atoms with Crippen LogP contribution in [0.3, 0.4) is 0 Å². The molecule has 2 unspecified atom stereocenters. The summed E-state index contributed by atoms with van der Waals surface area (Å²) in [6.07, 6.45) is -0.628. The number of carboxylic acid groups (broad SMARTS) is 1. The van der Waals surface area contributed by atoms with Crippen molar-refractivity contribution in [3.63, 3.8) is 0 Å². The average molecular weight is 434 g/mol. The molecular formula is C24H22N2O6. The Labute approximate surface area is 184 Å². The molecular weight excluding hydrogens is 412 g/mol. The number of hydrogen-bond acceptors (Lipinski definition) is 5. The molecule has 0 spiro atoms. The van der Waals surface area contributed by atoms with Crippen LogP contribution in [0.1, 0.15) is 17.0 Å². The number of rotatable bonds is 5. The zero-order valence-corrected chi connectivity index (χ0v) is 17.2. The third-order valence-electron chi connectivity index (χ3n) is 5.58. The van der Waals surface area contributed by atoms with Gasteiger partial charge >= 0.3 is 12.1 Å². The number of hydrogen-bond donors (Lipinski definition) is 3. The number of carbonyl (C=O) groups excluding carboxylic acids is 2. The number of carbonyl (C=O) groups is 3. The van der Waals surface area contributed by atoms with Crippen molar-refractivity contribution in [1.29, 1.82) is 0 Å². The molecule has 2 aromatic rings. The summed E-state index contributed by atoms with van der Waals surface area (Å²) in [6, 6.07) is 15.5. The molecule has 8 heteroatoms. The number of fused-ring (bicyclic) bond motifs is 3. The van der Waals surface area contributed by atoms with Crippen LogP contribution in [0.4, 0.5) is 4.79 Å². The van der Waals surface area contributed by atoms with Crippen LogP contribution in [-0.4, -0.2) is 55.5 Å². The Kier molecular flexibility index (Phi) is 6.38. The summed E-state index contributed by atoms with van der Waals surface area (Å²) >= 11 is 0. The fourth-order valence-electron chi connectivity index (χ4n) is 4.03. The standard InChI is InChI=1S/C24H22N2O6/c27-22(26-21-14-31-12-20(21)23(28)29)10-5-11-25-24(30)32-13-19-17-8-3-1-6-15(17)16-7-2-4-9-18(16)19/h1-4,6-9,19-21H,11-14H2,(H,25,30)(H,26,27)(H,28,29). The van der Waals surface area contributed by atoms with E-state index in [0.29, 0.717) is 0 Å². The van der Waals surface area contributed by atoms with Crippen molar-refractivity contribution in [3.05, 3.63) is 59.7 Å². The summed E-state index contributed by atoms with van der Waals surface area (Å²) in [4.78, 5) is 35.0. The molecule has 1 heterocycles. The number of alkyl carbamates (subject to hydrolysis) is 1. The first-order chi connectivity index (χ1) is 15.5. The lowest BCUT2D eigenvalue weighted by atomic mass is 9.98. The third-order valence-corrected chi connectivity index (χ3v) is 5.58. The highest BCUT2D eigenvalue weighted by Crippen LogP contribution is 2.44. The molecule has 1 aliphatic heterocycles. The molecule has 4 rings (SSSR count).